The van der Waals surface area contributed by atoms with Crippen molar-refractivity contribution < 1.29 is 9.21 Å². The maximum atomic E-state index is 11.8. The van der Waals surface area contributed by atoms with Crippen LogP contribution >= 0.6 is 11.8 Å². The Balaban J connectivity index is 2.39. The van der Waals surface area contributed by atoms with Gasteiger partial charge >= 0.3 is 0 Å². The Morgan fingerprint density at radius 1 is 1.62 bits per heavy atom. The highest BCUT2D eigenvalue weighted by Gasteiger charge is 2.15. The van der Waals surface area contributed by atoms with Gasteiger partial charge in [0.1, 0.15) is 0 Å². The minimum absolute atomic E-state index is 0.0449. The zero-order valence-corrected chi connectivity index (χ0v) is 10.9. The number of thioether (sulfide) groups is 1. The van der Waals surface area contributed by atoms with E-state index in [1.807, 2.05) is 18.8 Å². The smallest absolute Gasteiger partial charge is 0.211 e. The highest BCUT2D eigenvalue weighted by molar-refractivity contribution is 7.98. The van der Waals surface area contributed by atoms with Crippen LogP contribution in [0.2, 0.25) is 0 Å². The number of ketones is 1. The summed E-state index contributed by atoms with van der Waals surface area (Å²) < 4.78 is 5.08. The summed E-state index contributed by atoms with van der Waals surface area (Å²) in [6.07, 6.45) is 4.73. The molecule has 0 aliphatic carbocycles. The maximum Gasteiger partial charge on any atom is 0.211 e. The standard InChI is InChI=1S/C12H19NO2S/c1-10(6-8-16-3)13(2)9-11(14)12-5-4-7-15-12/h4-5,7,10H,6,8-9H2,1-3H3. The number of hydrogen-bond donors (Lipinski definition) is 0. The molecule has 1 unspecified atom stereocenters. The van der Waals surface area contributed by atoms with E-state index in [0.717, 1.165) is 12.2 Å². The topological polar surface area (TPSA) is 33.5 Å². The van der Waals surface area contributed by atoms with Crippen molar-refractivity contribution in [1.82, 2.24) is 4.90 Å². The number of likely N-dealkylation sites (N-methyl/N-ethyl adjacent to an activating group) is 1. The van der Waals surface area contributed by atoms with E-state index in [-0.39, 0.29) is 5.78 Å². The summed E-state index contributed by atoms with van der Waals surface area (Å²) >= 11 is 1.83. The normalized spacial score (nSPS) is 13.0. The van der Waals surface area contributed by atoms with Crippen LogP contribution in [-0.4, -0.2) is 42.3 Å². The van der Waals surface area contributed by atoms with Crippen LogP contribution in [0.3, 0.4) is 0 Å². The van der Waals surface area contributed by atoms with E-state index in [2.05, 4.69) is 18.1 Å². The molecule has 1 atom stereocenters. The second-order valence-corrected chi connectivity index (χ2v) is 4.93. The molecule has 90 valence electrons. The molecule has 0 spiro atoms. The Kier molecular flexibility index (Phi) is 5.63. The van der Waals surface area contributed by atoms with E-state index in [1.165, 1.54) is 6.26 Å². The second kappa shape index (κ2) is 6.76. The van der Waals surface area contributed by atoms with E-state index in [4.69, 9.17) is 4.42 Å². The molecule has 4 heteroatoms. The maximum absolute atomic E-state index is 11.8. The van der Waals surface area contributed by atoms with Gasteiger partial charge in [-0.15, -0.1) is 0 Å². The molecule has 0 saturated carbocycles. The van der Waals surface area contributed by atoms with Crippen LogP contribution in [0.5, 0.6) is 0 Å². The minimum Gasteiger partial charge on any atom is -0.461 e. The fourth-order valence-electron chi connectivity index (χ4n) is 1.41. The Labute approximate surface area is 101 Å². The fourth-order valence-corrected chi connectivity index (χ4v) is 1.98. The third-order valence-corrected chi connectivity index (χ3v) is 3.33. The number of carbonyl (C=O) groups excluding carboxylic acids is 1. The lowest BCUT2D eigenvalue weighted by atomic mass is 10.2. The summed E-state index contributed by atoms with van der Waals surface area (Å²) in [5.74, 6) is 1.62. The molecule has 0 aromatic carbocycles. The van der Waals surface area contributed by atoms with Gasteiger partial charge in [0.2, 0.25) is 5.78 Å². The van der Waals surface area contributed by atoms with E-state index >= 15 is 0 Å². The van der Waals surface area contributed by atoms with E-state index in [0.29, 0.717) is 18.3 Å². The predicted molar refractivity (Wildman–Crippen MR) is 68.1 cm³/mol. The molecule has 0 amide bonds. The van der Waals surface area contributed by atoms with Crippen molar-refractivity contribution in [2.75, 3.05) is 25.6 Å². The highest BCUT2D eigenvalue weighted by Crippen LogP contribution is 2.08. The summed E-state index contributed by atoms with van der Waals surface area (Å²) in [6.45, 7) is 2.56. The van der Waals surface area contributed by atoms with E-state index < -0.39 is 0 Å². The van der Waals surface area contributed by atoms with Crippen molar-refractivity contribution in [1.29, 1.82) is 0 Å². The van der Waals surface area contributed by atoms with Gasteiger partial charge in [0.05, 0.1) is 12.8 Å². The number of carbonyl (C=O) groups is 1. The number of Topliss-reactive ketones (excluding diaryl/α,β-unsaturated/α-hetero) is 1. The van der Waals surface area contributed by atoms with Gasteiger partial charge in [-0.25, -0.2) is 0 Å². The van der Waals surface area contributed by atoms with Crippen molar-refractivity contribution in [3.8, 4) is 0 Å². The Bertz CT molecular complexity index is 311. The third kappa shape index (κ3) is 4.02. The van der Waals surface area contributed by atoms with Crippen molar-refractivity contribution >= 4 is 17.5 Å². The fraction of sp³-hybridized carbons (Fsp3) is 0.583. The quantitative estimate of drug-likeness (QED) is 0.687. The molecule has 0 radical (unpaired) electrons. The third-order valence-electron chi connectivity index (χ3n) is 2.68. The van der Waals surface area contributed by atoms with Gasteiger partial charge in [-0.05, 0) is 44.5 Å². The number of nitrogens with zero attached hydrogens (tertiary/aromatic N) is 1. The van der Waals surface area contributed by atoms with Gasteiger partial charge in [0.15, 0.2) is 5.76 Å². The molecule has 0 aliphatic heterocycles. The Morgan fingerprint density at radius 3 is 2.94 bits per heavy atom. The van der Waals surface area contributed by atoms with Gasteiger partial charge in [-0.2, -0.15) is 11.8 Å². The number of rotatable bonds is 7. The van der Waals surface area contributed by atoms with Gasteiger partial charge < -0.3 is 4.42 Å². The van der Waals surface area contributed by atoms with Crippen LogP contribution in [0.1, 0.15) is 23.9 Å². The van der Waals surface area contributed by atoms with Crippen molar-refractivity contribution in [3.05, 3.63) is 24.2 Å². The average Bonchev–Trinajstić information content (AvgIpc) is 2.79. The SMILES string of the molecule is CSCCC(C)N(C)CC(=O)c1ccco1. The predicted octanol–water partition coefficient (Wildman–Crippen LogP) is 2.54. The summed E-state index contributed by atoms with van der Waals surface area (Å²) in [7, 11) is 1.98. The van der Waals surface area contributed by atoms with Gasteiger partial charge in [-0.3, -0.25) is 9.69 Å². The molecule has 0 N–H and O–H groups in total. The highest BCUT2D eigenvalue weighted by atomic mass is 32.2. The first-order chi connectivity index (χ1) is 7.65. The molecule has 3 nitrogen and oxygen atoms in total. The molecule has 0 bridgehead atoms. The van der Waals surface area contributed by atoms with Gasteiger partial charge in [0.25, 0.3) is 0 Å². The molecule has 1 aromatic heterocycles. The Morgan fingerprint density at radius 2 is 2.38 bits per heavy atom. The largest absolute Gasteiger partial charge is 0.461 e. The van der Waals surface area contributed by atoms with Gasteiger partial charge in [0, 0.05) is 6.04 Å². The summed E-state index contributed by atoms with van der Waals surface area (Å²) in [6, 6.07) is 3.87. The molecule has 1 aromatic rings. The summed E-state index contributed by atoms with van der Waals surface area (Å²) in [4.78, 5) is 13.8. The first-order valence-corrected chi connectivity index (χ1v) is 6.80. The molecule has 1 rings (SSSR count). The lowest BCUT2D eigenvalue weighted by molar-refractivity contribution is 0.0896. The zero-order chi connectivity index (χ0) is 12.0. The second-order valence-electron chi connectivity index (χ2n) is 3.95. The molecule has 0 fully saturated rings. The number of hydrogen-bond acceptors (Lipinski definition) is 4. The van der Waals surface area contributed by atoms with Crippen molar-refractivity contribution in [2.24, 2.45) is 0 Å². The average molecular weight is 241 g/mol. The van der Waals surface area contributed by atoms with Crippen molar-refractivity contribution in [3.63, 3.8) is 0 Å². The van der Waals surface area contributed by atoms with Crippen LogP contribution in [0.4, 0.5) is 0 Å². The van der Waals surface area contributed by atoms with Crippen LogP contribution in [0, 0.1) is 0 Å². The zero-order valence-electron chi connectivity index (χ0n) is 10.1. The molecular formula is C12H19NO2S. The van der Waals surface area contributed by atoms with Gasteiger partial charge in [-0.1, -0.05) is 0 Å². The van der Waals surface area contributed by atoms with Crippen LogP contribution in [-0.2, 0) is 0 Å². The van der Waals surface area contributed by atoms with Crippen LogP contribution < -0.4 is 0 Å². The summed E-state index contributed by atoms with van der Waals surface area (Å²) in [5, 5.41) is 0. The first kappa shape index (κ1) is 13.3. The Hall–Kier alpha value is -0.740. The van der Waals surface area contributed by atoms with Crippen molar-refractivity contribution in [2.45, 2.75) is 19.4 Å². The molecule has 16 heavy (non-hydrogen) atoms. The minimum atomic E-state index is 0.0449. The molecular weight excluding hydrogens is 222 g/mol. The molecule has 1 heterocycles. The molecule has 0 aliphatic rings. The van der Waals surface area contributed by atoms with E-state index in [9.17, 15) is 4.79 Å². The number of furan rings is 1. The monoisotopic (exact) mass is 241 g/mol. The lowest BCUT2D eigenvalue weighted by Crippen LogP contribution is -2.34. The van der Waals surface area contributed by atoms with Crippen LogP contribution in [0.25, 0.3) is 0 Å². The first-order valence-electron chi connectivity index (χ1n) is 5.41. The van der Waals surface area contributed by atoms with Crippen LogP contribution in [0.15, 0.2) is 22.8 Å². The lowest BCUT2D eigenvalue weighted by Gasteiger charge is -2.23. The van der Waals surface area contributed by atoms with E-state index in [1.54, 1.807) is 12.1 Å². The molecule has 0 saturated heterocycles. The summed E-state index contributed by atoms with van der Waals surface area (Å²) in [5.41, 5.74) is 0.